The third-order valence-corrected chi connectivity index (χ3v) is 4.84. The fraction of sp³-hybridized carbons (Fsp3) is 0.412. The highest BCUT2D eigenvalue weighted by Gasteiger charge is 2.28. The van der Waals surface area contributed by atoms with E-state index in [0.29, 0.717) is 30.3 Å². The second kappa shape index (κ2) is 8.63. The van der Waals surface area contributed by atoms with Gasteiger partial charge in [-0.15, -0.1) is 11.8 Å². The molecule has 0 aliphatic carbocycles. The quantitative estimate of drug-likeness (QED) is 0.596. The molecule has 1 aromatic rings. The highest BCUT2D eigenvalue weighted by molar-refractivity contribution is 8.00. The fourth-order valence-corrected chi connectivity index (χ4v) is 3.56. The second-order valence-electron chi connectivity index (χ2n) is 5.08. The summed E-state index contributed by atoms with van der Waals surface area (Å²) in [6.45, 7) is 0.965. The Morgan fingerprint density at radius 2 is 2.04 bits per heavy atom. The van der Waals surface area contributed by atoms with Gasteiger partial charge in [-0.2, -0.15) is 0 Å². The molecule has 2 rings (SSSR count). The molecule has 1 heterocycles. The van der Waals surface area contributed by atoms with Crippen LogP contribution in [0, 0.1) is 0 Å². The average Bonchev–Trinajstić information content (AvgIpc) is 2.64. The summed E-state index contributed by atoms with van der Waals surface area (Å²) in [7, 11) is 4.48. The van der Waals surface area contributed by atoms with Gasteiger partial charge >= 0.3 is 5.97 Å². The number of nitrogens with zero attached hydrogens (tertiary/aromatic N) is 1. The Bertz CT molecular complexity index is 631. The van der Waals surface area contributed by atoms with Gasteiger partial charge in [0.25, 0.3) is 0 Å². The van der Waals surface area contributed by atoms with Crippen molar-refractivity contribution in [3.8, 4) is 11.5 Å². The van der Waals surface area contributed by atoms with E-state index < -0.39 is 0 Å². The minimum absolute atomic E-state index is 0.144. The van der Waals surface area contributed by atoms with Crippen LogP contribution in [0.25, 0.3) is 6.08 Å². The standard InChI is InChI=1S/C17H21NO5S/c1-21-13-6-4-5-12(16(13)22-2)7-8-15(19)18-9-10-24-14(11-18)17(20)23-3/h4-8,14H,9-11H2,1-3H3/b8-7+/t14-/m1/s1. The number of carbonyl (C=O) groups excluding carboxylic acids is 2. The van der Waals surface area contributed by atoms with E-state index >= 15 is 0 Å². The lowest BCUT2D eigenvalue weighted by Gasteiger charge is -2.30. The molecule has 1 aliphatic rings. The van der Waals surface area contributed by atoms with E-state index in [1.807, 2.05) is 12.1 Å². The number of para-hydroxylation sites is 1. The third kappa shape index (κ3) is 4.23. The molecule has 1 amide bonds. The minimum Gasteiger partial charge on any atom is -0.493 e. The molecule has 1 atom stereocenters. The predicted molar refractivity (Wildman–Crippen MR) is 93.4 cm³/mol. The number of rotatable bonds is 5. The summed E-state index contributed by atoms with van der Waals surface area (Å²) in [5.74, 6) is 1.45. The number of methoxy groups -OCH3 is 3. The Hall–Kier alpha value is -2.15. The lowest BCUT2D eigenvalue weighted by Crippen LogP contribution is -2.44. The number of ether oxygens (including phenoxy) is 3. The average molecular weight is 351 g/mol. The predicted octanol–water partition coefficient (Wildman–Crippen LogP) is 1.83. The molecule has 0 unspecified atom stereocenters. The number of thioether (sulfide) groups is 1. The molecule has 7 heteroatoms. The zero-order valence-electron chi connectivity index (χ0n) is 14.0. The van der Waals surface area contributed by atoms with E-state index in [1.54, 1.807) is 31.3 Å². The molecule has 1 fully saturated rings. The molecule has 0 spiro atoms. The molecule has 130 valence electrons. The summed E-state index contributed by atoms with van der Waals surface area (Å²) >= 11 is 1.51. The Morgan fingerprint density at radius 1 is 1.25 bits per heavy atom. The van der Waals surface area contributed by atoms with Gasteiger partial charge in [0.2, 0.25) is 5.91 Å². The van der Waals surface area contributed by atoms with Crippen molar-refractivity contribution >= 4 is 29.7 Å². The van der Waals surface area contributed by atoms with Gasteiger partial charge in [0.15, 0.2) is 11.5 Å². The molecule has 0 saturated carbocycles. The highest BCUT2D eigenvalue weighted by atomic mass is 32.2. The maximum absolute atomic E-state index is 12.4. The van der Waals surface area contributed by atoms with Crippen molar-refractivity contribution < 1.29 is 23.8 Å². The van der Waals surface area contributed by atoms with Crippen LogP contribution in [0.2, 0.25) is 0 Å². The zero-order valence-corrected chi connectivity index (χ0v) is 14.8. The molecule has 0 radical (unpaired) electrons. The summed E-state index contributed by atoms with van der Waals surface area (Å²) < 4.78 is 15.3. The summed E-state index contributed by atoms with van der Waals surface area (Å²) in [6.07, 6.45) is 3.18. The van der Waals surface area contributed by atoms with E-state index in [-0.39, 0.29) is 17.1 Å². The summed E-state index contributed by atoms with van der Waals surface area (Å²) in [5.41, 5.74) is 0.751. The lowest BCUT2D eigenvalue weighted by molar-refractivity contribution is -0.140. The van der Waals surface area contributed by atoms with Gasteiger partial charge in [0, 0.05) is 30.5 Å². The largest absolute Gasteiger partial charge is 0.493 e. The Morgan fingerprint density at radius 3 is 2.71 bits per heavy atom. The molecular weight excluding hydrogens is 330 g/mol. The van der Waals surface area contributed by atoms with Gasteiger partial charge < -0.3 is 19.1 Å². The van der Waals surface area contributed by atoms with Crippen molar-refractivity contribution in [3.05, 3.63) is 29.8 Å². The first-order chi connectivity index (χ1) is 11.6. The van der Waals surface area contributed by atoms with Crippen LogP contribution >= 0.6 is 11.8 Å². The van der Waals surface area contributed by atoms with Crippen molar-refractivity contribution in [2.75, 3.05) is 40.2 Å². The van der Waals surface area contributed by atoms with Crippen LogP contribution in [0.4, 0.5) is 0 Å². The first-order valence-corrected chi connectivity index (χ1v) is 8.53. The normalized spacial score (nSPS) is 17.6. The molecule has 1 saturated heterocycles. The number of amides is 1. The van der Waals surface area contributed by atoms with Crippen LogP contribution in [0.1, 0.15) is 5.56 Å². The van der Waals surface area contributed by atoms with E-state index in [4.69, 9.17) is 14.2 Å². The van der Waals surface area contributed by atoms with Crippen molar-refractivity contribution in [1.82, 2.24) is 4.90 Å². The Balaban J connectivity index is 2.09. The summed E-state index contributed by atoms with van der Waals surface area (Å²) in [5, 5.41) is -0.326. The highest BCUT2D eigenvalue weighted by Crippen LogP contribution is 2.31. The molecular formula is C17H21NO5S. The van der Waals surface area contributed by atoms with Gasteiger partial charge in [-0.1, -0.05) is 12.1 Å². The fourth-order valence-electron chi connectivity index (χ4n) is 2.43. The van der Waals surface area contributed by atoms with E-state index in [0.717, 1.165) is 5.56 Å². The molecule has 0 aromatic heterocycles. The number of carbonyl (C=O) groups is 2. The van der Waals surface area contributed by atoms with Crippen LogP contribution in [0.15, 0.2) is 24.3 Å². The molecule has 1 aromatic carbocycles. The van der Waals surface area contributed by atoms with Crippen LogP contribution in [0.5, 0.6) is 11.5 Å². The number of hydrogen-bond donors (Lipinski definition) is 0. The number of benzene rings is 1. The van der Waals surface area contributed by atoms with E-state index in [9.17, 15) is 9.59 Å². The minimum atomic E-state index is -0.326. The number of hydrogen-bond acceptors (Lipinski definition) is 6. The summed E-state index contributed by atoms with van der Waals surface area (Å²) in [4.78, 5) is 25.7. The summed E-state index contributed by atoms with van der Waals surface area (Å²) in [6, 6.07) is 5.46. The SMILES string of the molecule is COC(=O)[C@H]1CN(C(=O)/C=C/c2cccc(OC)c2OC)CCS1. The van der Waals surface area contributed by atoms with Gasteiger partial charge in [0.1, 0.15) is 5.25 Å². The Labute approximate surface area is 145 Å². The zero-order chi connectivity index (χ0) is 17.5. The third-order valence-electron chi connectivity index (χ3n) is 3.68. The van der Waals surface area contributed by atoms with Crippen molar-refractivity contribution in [1.29, 1.82) is 0 Å². The van der Waals surface area contributed by atoms with Crippen molar-refractivity contribution in [2.45, 2.75) is 5.25 Å². The van der Waals surface area contributed by atoms with E-state index in [1.165, 1.54) is 24.9 Å². The smallest absolute Gasteiger partial charge is 0.320 e. The molecule has 6 nitrogen and oxygen atoms in total. The van der Waals surface area contributed by atoms with Crippen LogP contribution in [0.3, 0.4) is 0 Å². The van der Waals surface area contributed by atoms with Gasteiger partial charge in [0.05, 0.1) is 21.3 Å². The first-order valence-electron chi connectivity index (χ1n) is 7.48. The molecule has 24 heavy (non-hydrogen) atoms. The van der Waals surface area contributed by atoms with Crippen molar-refractivity contribution in [2.24, 2.45) is 0 Å². The first kappa shape index (κ1) is 18.2. The maximum atomic E-state index is 12.4. The van der Waals surface area contributed by atoms with Gasteiger partial charge in [-0.25, -0.2) is 0 Å². The molecule has 0 bridgehead atoms. The van der Waals surface area contributed by atoms with Crippen LogP contribution in [-0.4, -0.2) is 62.2 Å². The Kier molecular flexibility index (Phi) is 6.54. The van der Waals surface area contributed by atoms with Gasteiger partial charge in [-0.05, 0) is 12.1 Å². The maximum Gasteiger partial charge on any atom is 0.320 e. The second-order valence-corrected chi connectivity index (χ2v) is 6.39. The van der Waals surface area contributed by atoms with Crippen molar-refractivity contribution in [3.63, 3.8) is 0 Å². The molecule has 0 N–H and O–H groups in total. The van der Waals surface area contributed by atoms with Gasteiger partial charge in [-0.3, -0.25) is 9.59 Å². The molecule has 1 aliphatic heterocycles. The topological polar surface area (TPSA) is 65.1 Å². The van der Waals surface area contributed by atoms with Crippen LogP contribution in [-0.2, 0) is 14.3 Å². The number of esters is 1. The van der Waals surface area contributed by atoms with Crippen LogP contribution < -0.4 is 9.47 Å². The van der Waals surface area contributed by atoms with E-state index in [2.05, 4.69) is 0 Å². The lowest BCUT2D eigenvalue weighted by atomic mass is 10.1. The monoisotopic (exact) mass is 351 g/mol.